The first-order valence-corrected chi connectivity index (χ1v) is 7.89. The van der Waals surface area contributed by atoms with E-state index < -0.39 is 5.82 Å². The molecule has 1 aromatic carbocycles. The van der Waals surface area contributed by atoms with Gasteiger partial charge in [0.05, 0.1) is 18.2 Å². The molecule has 1 aromatic rings. The van der Waals surface area contributed by atoms with Crippen LogP contribution < -0.4 is 11.1 Å². The van der Waals surface area contributed by atoms with Crippen molar-refractivity contribution in [3.8, 4) is 6.07 Å². The molecule has 128 valence electrons. The lowest BCUT2D eigenvalue weighted by atomic mass is 10.1. The third-order valence-electron chi connectivity index (χ3n) is 3.44. The Morgan fingerprint density at radius 2 is 1.96 bits per heavy atom. The van der Waals surface area contributed by atoms with Crippen LogP contribution in [0.2, 0.25) is 0 Å². The molecule has 23 heavy (non-hydrogen) atoms. The monoisotopic (exact) mass is 432 g/mol. The highest BCUT2D eigenvalue weighted by molar-refractivity contribution is 14.0. The lowest BCUT2D eigenvalue weighted by Gasteiger charge is -2.06. The number of guanidine groups is 1. The Morgan fingerprint density at radius 3 is 2.61 bits per heavy atom. The number of unbranched alkanes of at least 4 members (excludes halogenated alkanes) is 5. The van der Waals surface area contributed by atoms with Crippen molar-refractivity contribution in [3.63, 3.8) is 0 Å². The van der Waals surface area contributed by atoms with Crippen molar-refractivity contribution in [3.05, 3.63) is 35.1 Å². The molecule has 0 radical (unpaired) electrons. The van der Waals surface area contributed by atoms with E-state index in [1.165, 1.54) is 38.2 Å². The van der Waals surface area contributed by atoms with E-state index in [1.807, 2.05) is 6.07 Å². The molecule has 1 rings (SSSR count). The number of hydrogen-bond donors (Lipinski definition) is 2. The summed E-state index contributed by atoms with van der Waals surface area (Å²) in [5.74, 6) is -0.0937. The zero-order valence-corrected chi connectivity index (χ0v) is 16.0. The SMILES string of the molecule is CCCCCCCCNC(N)=NCc1ccc(C#N)cc1F.I. The van der Waals surface area contributed by atoms with Crippen LogP contribution in [-0.4, -0.2) is 12.5 Å². The molecular weight excluding hydrogens is 406 g/mol. The fourth-order valence-electron chi connectivity index (χ4n) is 2.09. The predicted octanol–water partition coefficient (Wildman–Crippen LogP) is 4.08. The molecule has 0 aliphatic rings. The van der Waals surface area contributed by atoms with Crippen LogP contribution in [0.3, 0.4) is 0 Å². The number of nitrogens with one attached hydrogen (secondary N) is 1. The van der Waals surface area contributed by atoms with Gasteiger partial charge in [-0.1, -0.05) is 45.1 Å². The average Bonchev–Trinajstić information content (AvgIpc) is 2.52. The topological polar surface area (TPSA) is 74.2 Å². The van der Waals surface area contributed by atoms with Crippen molar-refractivity contribution in [2.75, 3.05) is 6.54 Å². The van der Waals surface area contributed by atoms with Crippen LogP contribution in [-0.2, 0) is 6.54 Å². The maximum Gasteiger partial charge on any atom is 0.188 e. The number of nitrogens with two attached hydrogens (primary N) is 1. The van der Waals surface area contributed by atoms with E-state index in [4.69, 9.17) is 11.0 Å². The first-order valence-electron chi connectivity index (χ1n) is 7.89. The molecule has 0 saturated carbocycles. The summed E-state index contributed by atoms with van der Waals surface area (Å²) >= 11 is 0. The Kier molecular flexibility index (Phi) is 12.3. The highest BCUT2D eigenvalue weighted by atomic mass is 127. The van der Waals surface area contributed by atoms with Gasteiger partial charge in [-0.05, 0) is 18.6 Å². The second-order valence-electron chi connectivity index (χ2n) is 5.31. The van der Waals surface area contributed by atoms with Gasteiger partial charge in [-0.2, -0.15) is 5.26 Å². The van der Waals surface area contributed by atoms with E-state index >= 15 is 0 Å². The zero-order valence-electron chi connectivity index (χ0n) is 13.6. The summed E-state index contributed by atoms with van der Waals surface area (Å²) in [6.07, 6.45) is 7.34. The number of halogens is 2. The zero-order chi connectivity index (χ0) is 16.2. The molecule has 0 aromatic heterocycles. The fraction of sp³-hybridized carbons (Fsp3) is 0.529. The van der Waals surface area contributed by atoms with Gasteiger partial charge in [-0.15, -0.1) is 24.0 Å². The molecule has 0 spiro atoms. The lowest BCUT2D eigenvalue weighted by molar-refractivity contribution is 0.600. The van der Waals surface area contributed by atoms with Crippen LogP contribution in [0.15, 0.2) is 23.2 Å². The van der Waals surface area contributed by atoms with Crippen molar-refractivity contribution in [2.45, 2.75) is 52.0 Å². The number of benzene rings is 1. The molecule has 0 unspecified atom stereocenters. The minimum Gasteiger partial charge on any atom is -0.370 e. The first kappa shape index (κ1) is 21.6. The van der Waals surface area contributed by atoms with Gasteiger partial charge in [0.2, 0.25) is 0 Å². The summed E-state index contributed by atoms with van der Waals surface area (Å²) in [6, 6.07) is 6.26. The molecule has 0 heterocycles. The Morgan fingerprint density at radius 1 is 1.26 bits per heavy atom. The largest absolute Gasteiger partial charge is 0.370 e. The van der Waals surface area contributed by atoms with Crippen LogP contribution in [0.1, 0.15) is 56.6 Å². The normalized spacial score (nSPS) is 10.7. The number of nitrogens with zero attached hydrogens (tertiary/aromatic N) is 2. The van der Waals surface area contributed by atoms with Gasteiger partial charge in [-0.25, -0.2) is 9.38 Å². The maximum absolute atomic E-state index is 13.7. The molecule has 6 heteroatoms. The third-order valence-corrected chi connectivity index (χ3v) is 3.44. The smallest absolute Gasteiger partial charge is 0.188 e. The van der Waals surface area contributed by atoms with Gasteiger partial charge in [0.1, 0.15) is 5.82 Å². The van der Waals surface area contributed by atoms with Gasteiger partial charge in [0, 0.05) is 12.1 Å². The van der Waals surface area contributed by atoms with E-state index in [0.717, 1.165) is 13.0 Å². The quantitative estimate of drug-likeness (QED) is 0.267. The molecule has 3 N–H and O–H groups in total. The first-order chi connectivity index (χ1) is 10.7. The van der Waals surface area contributed by atoms with Crippen LogP contribution in [0, 0.1) is 17.1 Å². The summed E-state index contributed by atoms with van der Waals surface area (Å²) in [7, 11) is 0. The van der Waals surface area contributed by atoms with Crippen molar-refractivity contribution >= 4 is 29.9 Å². The predicted molar refractivity (Wildman–Crippen MR) is 103 cm³/mol. The Balaban J connectivity index is 0.00000484. The highest BCUT2D eigenvalue weighted by Gasteiger charge is 2.03. The number of nitriles is 1. The number of hydrogen-bond acceptors (Lipinski definition) is 2. The standard InChI is InChI=1S/C17H25FN4.HI/c1-2-3-4-5-6-7-10-21-17(20)22-13-15-9-8-14(12-19)11-16(15)18;/h8-9,11H,2-7,10,13H2,1H3,(H3,20,21,22);1H. The maximum atomic E-state index is 13.7. The number of rotatable bonds is 9. The van der Waals surface area contributed by atoms with Crippen molar-refractivity contribution in [1.29, 1.82) is 5.26 Å². The molecule has 0 saturated heterocycles. The van der Waals surface area contributed by atoms with Crippen LogP contribution in [0.5, 0.6) is 0 Å². The highest BCUT2D eigenvalue weighted by Crippen LogP contribution is 2.11. The van der Waals surface area contributed by atoms with Gasteiger partial charge in [-0.3, -0.25) is 0 Å². The molecule has 0 amide bonds. The summed E-state index contributed by atoms with van der Waals surface area (Å²) in [5.41, 5.74) is 6.49. The van der Waals surface area contributed by atoms with Crippen LogP contribution in [0.25, 0.3) is 0 Å². The van der Waals surface area contributed by atoms with Gasteiger partial charge in [0.15, 0.2) is 5.96 Å². The molecule has 0 atom stereocenters. The van der Waals surface area contributed by atoms with Gasteiger partial charge < -0.3 is 11.1 Å². The van der Waals surface area contributed by atoms with Crippen LogP contribution >= 0.6 is 24.0 Å². The third kappa shape index (κ3) is 9.39. The van der Waals surface area contributed by atoms with E-state index in [1.54, 1.807) is 12.1 Å². The number of aliphatic imine (C=N–C) groups is 1. The summed E-state index contributed by atoms with van der Waals surface area (Å²) in [6.45, 7) is 3.17. The van der Waals surface area contributed by atoms with E-state index in [0.29, 0.717) is 17.1 Å². The average molecular weight is 432 g/mol. The summed E-state index contributed by atoms with van der Waals surface area (Å²) in [5, 5.41) is 11.7. The van der Waals surface area contributed by atoms with E-state index in [-0.39, 0.29) is 30.5 Å². The molecular formula is C17H26FIN4. The molecule has 0 aliphatic heterocycles. The Bertz CT molecular complexity index is 526. The van der Waals surface area contributed by atoms with Gasteiger partial charge >= 0.3 is 0 Å². The Labute approximate surface area is 155 Å². The Hall–Kier alpha value is -1.36. The summed E-state index contributed by atoms with van der Waals surface area (Å²) < 4.78 is 13.7. The molecule has 0 fully saturated rings. The van der Waals surface area contributed by atoms with E-state index in [9.17, 15) is 4.39 Å². The van der Waals surface area contributed by atoms with Crippen molar-refractivity contribution in [1.82, 2.24) is 5.32 Å². The van der Waals surface area contributed by atoms with Crippen molar-refractivity contribution < 1.29 is 4.39 Å². The minimum atomic E-state index is -0.425. The minimum absolute atomic E-state index is 0. The second kappa shape index (κ2) is 13.1. The fourth-order valence-corrected chi connectivity index (χ4v) is 2.09. The van der Waals surface area contributed by atoms with Gasteiger partial charge in [0.25, 0.3) is 0 Å². The van der Waals surface area contributed by atoms with Crippen molar-refractivity contribution in [2.24, 2.45) is 10.7 Å². The van der Waals surface area contributed by atoms with E-state index in [2.05, 4.69) is 17.2 Å². The lowest BCUT2D eigenvalue weighted by Crippen LogP contribution is -2.32. The second-order valence-corrected chi connectivity index (χ2v) is 5.31. The molecule has 0 aliphatic carbocycles. The molecule has 0 bridgehead atoms. The summed E-state index contributed by atoms with van der Waals surface area (Å²) in [4.78, 5) is 4.12. The molecule has 4 nitrogen and oxygen atoms in total. The van der Waals surface area contributed by atoms with Crippen LogP contribution in [0.4, 0.5) is 4.39 Å².